The molecule has 0 bridgehead atoms. The maximum atomic E-state index is 10.1. The fourth-order valence-electron chi connectivity index (χ4n) is 0.163. The molecule has 8 heavy (non-hydrogen) atoms. The third-order valence-electron chi connectivity index (χ3n) is 0.515. The molecule has 0 aromatic heterocycles. The van der Waals surface area contributed by atoms with Crippen LogP contribution in [0.2, 0.25) is 0 Å². The first kappa shape index (κ1) is 7.31. The molecule has 0 aromatic rings. The van der Waals surface area contributed by atoms with Crippen molar-refractivity contribution in [3.05, 3.63) is 0 Å². The largest absolute Gasteiger partial charge is 0.296 e. The predicted molar refractivity (Wildman–Crippen MR) is 22.4 cm³/mol. The van der Waals surface area contributed by atoms with Crippen molar-refractivity contribution >= 4 is 5.91 Å². The molecule has 0 atom stereocenters. The first-order valence-electron chi connectivity index (χ1n) is 1.82. The summed E-state index contributed by atoms with van der Waals surface area (Å²) in [7, 11) is 0. The smallest absolute Gasteiger partial charge is 0.252 e. The molecular formula is C2H7N3O3. The zero-order valence-corrected chi connectivity index (χ0v) is 4.25. The zero-order chi connectivity index (χ0) is 6.57. The Labute approximate surface area is 45.6 Å². The SMILES string of the molecule is CC(=O)N(NO)NO. The topological polar surface area (TPSA) is 84.8 Å². The van der Waals surface area contributed by atoms with Gasteiger partial charge in [-0.25, -0.2) is 0 Å². The Morgan fingerprint density at radius 2 is 1.88 bits per heavy atom. The lowest BCUT2D eigenvalue weighted by atomic mass is 10.7. The highest BCUT2D eigenvalue weighted by Crippen LogP contribution is 1.69. The molecule has 6 nitrogen and oxygen atoms in total. The van der Waals surface area contributed by atoms with Crippen molar-refractivity contribution in [1.29, 1.82) is 0 Å². The second-order valence-corrected chi connectivity index (χ2v) is 1.05. The highest BCUT2D eigenvalue weighted by molar-refractivity contribution is 5.71. The van der Waals surface area contributed by atoms with Gasteiger partial charge in [0.1, 0.15) is 0 Å². The van der Waals surface area contributed by atoms with Crippen LogP contribution in [0.5, 0.6) is 0 Å². The van der Waals surface area contributed by atoms with E-state index in [0.29, 0.717) is 5.12 Å². The fourth-order valence-corrected chi connectivity index (χ4v) is 0.163. The van der Waals surface area contributed by atoms with Gasteiger partial charge in [0.2, 0.25) is 0 Å². The molecule has 48 valence electrons. The van der Waals surface area contributed by atoms with Crippen LogP contribution in [0.15, 0.2) is 0 Å². The highest BCUT2D eigenvalue weighted by atomic mass is 16.6. The van der Waals surface area contributed by atoms with E-state index in [2.05, 4.69) is 0 Å². The minimum absolute atomic E-state index is 0.389. The molecule has 0 aliphatic rings. The van der Waals surface area contributed by atoms with Gasteiger partial charge in [-0.05, 0) is 0 Å². The normalized spacial score (nSPS) is 8.88. The number of rotatable bonds is 2. The van der Waals surface area contributed by atoms with Crippen LogP contribution in [0.4, 0.5) is 0 Å². The molecule has 0 rings (SSSR count). The van der Waals surface area contributed by atoms with E-state index in [1.165, 1.54) is 11.2 Å². The van der Waals surface area contributed by atoms with Gasteiger partial charge in [-0.1, -0.05) is 11.2 Å². The lowest BCUT2D eigenvalue weighted by molar-refractivity contribution is -0.172. The third kappa shape index (κ3) is 1.85. The van der Waals surface area contributed by atoms with Crippen LogP contribution >= 0.6 is 0 Å². The number of hydrogen-bond donors (Lipinski definition) is 4. The minimum atomic E-state index is -0.560. The maximum Gasteiger partial charge on any atom is 0.252 e. The molecule has 6 heteroatoms. The molecule has 0 saturated heterocycles. The van der Waals surface area contributed by atoms with Crippen LogP contribution in [0.3, 0.4) is 0 Å². The number of hydrazine groups is 2. The molecule has 1 amide bonds. The van der Waals surface area contributed by atoms with Crippen molar-refractivity contribution in [2.75, 3.05) is 0 Å². The predicted octanol–water partition coefficient (Wildman–Crippen LogP) is -1.38. The van der Waals surface area contributed by atoms with Crippen LogP contribution in [0.1, 0.15) is 6.92 Å². The molecule has 0 saturated carbocycles. The van der Waals surface area contributed by atoms with Gasteiger partial charge in [0, 0.05) is 6.92 Å². The summed E-state index contributed by atoms with van der Waals surface area (Å²) in [5.74, 6) is -0.560. The fraction of sp³-hybridized carbons (Fsp3) is 0.500. The second kappa shape index (κ2) is 3.33. The molecule has 0 aromatic carbocycles. The summed E-state index contributed by atoms with van der Waals surface area (Å²) in [6.45, 7) is 1.15. The molecular weight excluding hydrogens is 114 g/mol. The highest BCUT2D eigenvalue weighted by Gasteiger charge is 2.01. The average molecular weight is 121 g/mol. The molecule has 0 spiro atoms. The molecule has 0 radical (unpaired) electrons. The summed E-state index contributed by atoms with van der Waals surface area (Å²) >= 11 is 0. The summed E-state index contributed by atoms with van der Waals surface area (Å²) in [6, 6.07) is 0. The molecule has 0 unspecified atom stereocenters. The number of hydrogen-bond acceptors (Lipinski definition) is 5. The van der Waals surface area contributed by atoms with E-state index in [-0.39, 0.29) is 0 Å². The molecule has 0 aliphatic carbocycles. The van der Waals surface area contributed by atoms with E-state index in [9.17, 15) is 4.79 Å². The lowest BCUT2D eigenvalue weighted by Crippen LogP contribution is -2.47. The van der Waals surface area contributed by atoms with Crippen molar-refractivity contribution in [3.8, 4) is 0 Å². The first-order valence-corrected chi connectivity index (χ1v) is 1.82. The Bertz CT molecular complexity index is 80.6. The third-order valence-corrected chi connectivity index (χ3v) is 0.515. The first-order chi connectivity index (χ1) is 3.72. The Hall–Kier alpha value is -0.690. The quantitative estimate of drug-likeness (QED) is 0.338. The summed E-state index contributed by atoms with van der Waals surface area (Å²) in [4.78, 5) is 10.1. The van der Waals surface area contributed by atoms with Crippen molar-refractivity contribution in [2.24, 2.45) is 0 Å². The summed E-state index contributed by atoms with van der Waals surface area (Å²) < 4.78 is 0. The Morgan fingerprint density at radius 1 is 1.50 bits per heavy atom. The van der Waals surface area contributed by atoms with Gasteiger partial charge >= 0.3 is 0 Å². The standard InChI is InChI=1S/C2H7N3O3/c1-2(6)5(3-7)4-8/h3-4,7-8H,1H3. The Morgan fingerprint density at radius 3 is 1.88 bits per heavy atom. The van der Waals surface area contributed by atoms with Gasteiger partial charge in [0.15, 0.2) is 0 Å². The van der Waals surface area contributed by atoms with E-state index in [1.807, 2.05) is 0 Å². The second-order valence-electron chi connectivity index (χ2n) is 1.05. The van der Waals surface area contributed by atoms with E-state index >= 15 is 0 Å². The molecule has 0 aliphatic heterocycles. The number of nitrogens with zero attached hydrogens (tertiary/aromatic N) is 1. The van der Waals surface area contributed by atoms with Gasteiger partial charge < -0.3 is 0 Å². The zero-order valence-electron chi connectivity index (χ0n) is 4.25. The molecule has 4 N–H and O–H groups in total. The van der Waals surface area contributed by atoms with Gasteiger partial charge in [0.25, 0.3) is 5.91 Å². The van der Waals surface area contributed by atoms with E-state index < -0.39 is 5.91 Å². The summed E-state index contributed by atoms with van der Waals surface area (Å²) in [6.07, 6.45) is 0. The van der Waals surface area contributed by atoms with E-state index in [4.69, 9.17) is 10.4 Å². The van der Waals surface area contributed by atoms with E-state index in [0.717, 1.165) is 6.92 Å². The van der Waals surface area contributed by atoms with Gasteiger partial charge in [0.05, 0.1) is 0 Å². The van der Waals surface area contributed by atoms with E-state index in [1.54, 1.807) is 0 Å². The number of carbonyl (C=O) groups excluding carboxylic acids is 1. The van der Waals surface area contributed by atoms with Crippen molar-refractivity contribution in [1.82, 2.24) is 16.3 Å². The Kier molecular flexibility index (Phi) is 3.04. The van der Waals surface area contributed by atoms with Crippen LogP contribution in [0.25, 0.3) is 0 Å². The maximum absolute atomic E-state index is 10.1. The van der Waals surface area contributed by atoms with Crippen molar-refractivity contribution < 1.29 is 15.2 Å². The van der Waals surface area contributed by atoms with Crippen molar-refractivity contribution in [3.63, 3.8) is 0 Å². The average Bonchev–Trinajstić information content (AvgIpc) is 1.69. The van der Waals surface area contributed by atoms with Gasteiger partial charge in [-0.3, -0.25) is 15.2 Å². The van der Waals surface area contributed by atoms with Gasteiger partial charge in [-0.15, -0.1) is 0 Å². The monoisotopic (exact) mass is 121 g/mol. The molecule has 0 fully saturated rings. The van der Waals surface area contributed by atoms with Crippen LogP contribution < -0.4 is 11.2 Å². The van der Waals surface area contributed by atoms with Crippen LogP contribution in [-0.4, -0.2) is 21.4 Å². The number of carbonyl (C=O) groups is 1. The lowest BCUT2D eigenvalue weighted by Gasteiger charge is -2.12. The number of nitrogens with one attached hydrogen (secondary N) is 2. The summed E-state index contributed by atoms with van der Waals surface area (Å²) in [5, 5.41) is 16.2. The Balaban J connectivity index is 3.52. The van der Waals surface area contributed by atoms with Crippen LogP contribution in [0, 0.1) is 0 Å². The van der Waals surface area contributed by atoms with Gasteiger partial charge in [-0.2, -0.15) is 5.12 Å². The van der Waals surface area contributed by atoms with Crippen LogP contribution in [-0.2, 0) is 4.79 Å². The summed E-state index contributed by atoms with van der Waals surface area (Å²) in [5.41, 5.74) is 2.75. The number of amides is 1. The van der Waals surface area contributed by atoms with Crippen molar-refractivity contribution in [2.45, 2.75) is 6.92 Å². The minimum Gasteiger partial charge on any atom is -0.296 e. The molecule has 0 heterocycles.